The van der Waals surface area contributed by atoms with Crippen molar-refractivity contribution in [2.45, 2.75) is 46.1 Å². The lowest BCUT2D eigenvalue weighted by atomic mass is 10.0. The molecule has 0 fully saturated rings. The lowest BCUT2D eigenvalue weighted by Gasteiger charge is -2.30. The van der Waals surface area contributed by atoms with Crippen LogP contribution in [0.25, 0.3) is 0 Å². The number of aryl methyl sites for hydroxylation is 1. The van der Waals surface area contributed by atoms with Crippen molar-refractivity contribution in [3.8, 4) is 5.75 Å². The maximum absolute atomic E-state index is 12.8. The van der Waals surface area contributed by atoms with Gasteiger partial charge < -0.3 is 10.1 Å². The van der Waals surface area contributed by atoms with Crippen molar-refractivity contribution in [1.29, 1.82) is 0 Å². The average molecular weight is 433 g/mol. The van der Waals surface area contributed by atoms with E-state index in [1.165, 1.54) is 4.31 Å². The van der Waals surface area contributed by atoms with Gasteiger partial charge in [0.15, 0.2) is 0 Å². The van der Waals surface area contributed by atoms with Gasteiger partial charge in [-0.2, -0.15) is 0 Å². The summed E-state index contributed by atoms with van der Waals surface area (Å²) in [5, 5.41) is 2.82. The Morgan fingerprint density at radius 2 is 1.73 bits per heavy atom. The lowest BCUT2D eigenvalue weighted by Crippen LogP contribution is -2.50. The fourth-order valence-electron chi connectivity index (χ4n) is 3.29. The molecule has 164 valence electrons. The minimum Gasteiger partial charge on any atom is -0.491 e. The molecule has 0 saturated heterocycles. The van der Waals surface area contributed by atoms with Gasteiger partial charge >= 0.3 is 0 Å². The van der Waals surface area contributed by atoms with E-state index in [0.29, 0.717) is 24.6 Å². The fraction of sp³-hybridized carbons (Fsp3) is 0.435. The van der Waals surface area contributed by atoms with Crippen molar-refractivity contribution in [3.63, 3.8) is 0 Å². The number of hydrogen-bond donors (Lipinski definition) is 1. The van der Waals surface area contributed by atoms with Crippen molar-refractivity contribution in [1.82, 2.24) is 5.32 Å². The van der Waals surface area contributed by atoms with Gasteiger partial charge in [-0.1, -0.05) is 56.7 Å². The molecule has 2 aromatic rings. The summed E-state index contributed by atoms with van der Waals surface area (Å²) in [6.07, 6.45) is 1.47. The van der Waals surface area contributed by atoms with Crippen molar-refractivity contribution in [3.05, 3.63) is 59.7 Å². The first-order valence-corrected chi connectivity index (χ1v) is 12.1. The minimum atomic E-state index is -3.63. The van der Waals surface area contributed by atoms with E-state index < -0.39 is 16.1 Å². The second kappa shape index (κ2) is 10.5. The zero-order valence-electron chi connectivity index (χ0n) is 18.4. The van der Waals surface area contributed by atoms with Gasteiger partial charge in [0.2, 0.25) is 15.9 Å². The molecule has 0 radical (unpaired) electrons. The summed E-state index contributed by atoms with van der Waals surface area (Å²) in [6.45, 7) is 8.51. The van der Waals surface area contributed by atoms with Crippen LogP contribution in [0.15, 0.2) is 48.5 Å². The first-order chi connectivity index (χ1) is 14.1. The molecule has 0 aromatic heterocycles. The third kappa shape index (κ3) is 6.23. The Morgan fingerprint density at radius 3 is 2.30 bits per heavy atom. The summed E-state index contributed by atoms with van der Waals surface area (Å²) < 4.78 is 32.0. The molecule has 1 N–H and O–H groups in total. The van der Waals surface area contributed by atoms with Crippen LogP contribution in [0.3, 0.4) is 0 Å². The predicted octanol–water partition coefficient (Wildman–Crippen LogP) is 3.86. The number of nitrogens with one attached hydrogen (secondary N) is 1. The summed E-state index contributed by atoms with van der Waals surface area (Å²) in [4.78, 5) is 12.8. The number of amides is 1. The van der Waals surface area contributed by atoms with E-state index in [1.54, 1.807) is 19.1 Å². The largest absolute Gasteiger partial charge is 0.491 e. The van der Waals surface area contributed by atoms with E-state index in [0.717, 1.165) is 23.1 Å². The van der Waals surface area contributed by atoms with E-state index in [2.05, 4.69) is 19.2 Å². The van der Waals surface area contributed by atoms with Gasteiger partial charge in [0, 0.05) is 0 Å². The highest BCUT2D eigenvalue weighted by atomic mass is 32.2. The van der Waals surface area contributed by atoms with Crippen LogP contribution in [0, 0.1) is 6.92 Å². The van der Waals surface area contributed by atoms with Gasteiger partial charge in [-0.3, -0.25) is 9.10 Å². The van der Waals surface area contributed by atoms with E-state index in [1.807, 2.05) is 43.3 Å². The molecule has 0 aliphatic carbocycles. The van der Waals surface area contributed by atoms with Crippen molar-refractivity contribution >= 4 is 21.6 Å². The van der Waals surface area contributed by atoms with Gasteiger partial charge in [0.05, 0.1) is 18.5 Å². The molecular weight excluding hydrogens is 400 g/mol. The molecule has 2 rings (SSSR count). The maximum atomic E-state index is 12.8. The number of rotatable bonds is 10. The summed E-state index contributed by atoms with van der Waals surface area (Å²) in [7, 11) is -3.63. The lowest BCUT2D eigenvalue weighted by molar-refractivity contribution is -0.122. The van der Waals surface area contributed by atoms with Gasteiger partial charge in [0.1, 0.15) is 18.4 Å². The normalized spacial score (nSPS) is 12.5. The molecule has 0 saturated carbocycles. The number of benzene rings is 2. The molecule has 30 heavy (non-hydrogen) atoms. The molecular formula is C23H32N2O4S. The predicted molar refractivity (Wildman–Crippen MR) is 122 cm³/mol. The quantitative estimate of drug-likeness (QED) is 0.579. The number of ether oxygens (including phenoxy) is 1. The highest BCUT2D eigenvalue weighted by Gasteiger charge is 2.31. The zero-order chi connectivity index (χ0) is 22.3. The third-order valence-electron chi connectivity index (χ3n) is 4.82. The Kier molecular flexibility index (Phi) is 8.29. The molecule has 0 spiro atoms. The van der Waals surface area contributed by atoms with Gasteiger partial charge in [-0.15, -0.1) is 0 Å². The monoisotopic (exact) mass is 432 g/mol. The highest BCUT2D eigenvalue weighted by molar-refractivity contribution is 7.92. The number of carbonyl (C=O) groups excluding carboxylic acids is 1. The smallest absolute Gasteiger partial charge is 0.244 e. The number of nitrogens with zero attached hydrogens (tertiary/aromatic N) is 1. The number of para-hydroxylation sites is 1. The molecule has 7 heteroatoms. The summed E-state index contributed by atoms with van der Waals surface area (Å²) in [6, 6.07) is 14.1. The Hall–Kier alpha value is -2.54. The van der Waals surface area contributed by atoms with E-state index >= 15 is 0 Å². The number of hydrogen-bond acceptors (Lipinski definition) is 4. The van der Waals surface area contributed by atoms with Crippen molar-refractivity contribution in [2.75, 3.05) is 23.7 Å². The molecule has 6 nitrogen and oxygen atoms in total. The zero-order valence-corrected chi connectivity index (χ0v) is 19.2. The van der Waals surface area contributed by atoms with Gasteiger partial charge in [0.25, 0.3) is 0 Å². The molecule has 0 unspecified atom stereocenters. The summed E-state index contributed by atoms with van der Waals surface area (Å²) in [5.74, 6) is 0.786. The van der Waals surface area contributed by atoms with Crippen molar-refractivity contribution in [2.24, 2.45) is 0 Å². The van der Waals surface area contributed by atoms with Crippen LogP contribution in [-0.4, -0.2) is 39.8 Å². The Labute approximate surface area is 180 Å². The fourth-order valence-corrected chi connectivity index (χ4v) is 4.51. The van der Waals surface area contributed by atoms with Crippen LogP contribution >= 0.6 is 0 Å². The van der Waals surface area contributed by atoms with Crippen LogP contribution in [-0.2, 0) is 14.8 Å². The second-order valence-electron chi connectivity index (χ2n) is 7.65. The van der Waals surface area contributed by atoms with E-state index in [-0.39, 0.29) is 12.5 Å². The van der Waals surface area contributed by atoms with Crippen LogP contribution in [0.5, 0.6) is 5.75 Å². The molecule has 1 atom stereocenters. The molecule has 0 aliphatic heterocycles. The van der Waals surface area contributed by atoms with Gasteiger partial charge in [-0.05, 0) is 43.0 Å². The third-order valence-corrected chi connectivity index (χ3v) is 6.00. The average Bonchev–Trinajstić information content (AvgIpc) is 2.69. The molecule has 0 heterocycles. The number of sulfonamides is 1. The highest BCUT2D eigenvalue weighted by Crippen LogP contribution is 2.26. The molecule has 0 bridgehead atoms. The van der Waals surface area contributed by atoms with Crippen molar-refractivity contribution < 1.29 is 17.9 Å². The Bertz CT molecular complexity index is 940. The molecule has 1 amide bonds. The van der Waals surface area contributed by atoms with E-state index in [4.69, 9.17) is 4.74 Å². The van der Waals surface area contributed by atoms with Crippen LogP contribution in [0.4, 0.5) is 5.69 Å². The van der Waals surface area contributed by atoms with Crippen LogP contribution in [0.1, 0.15) is 44.2 Å². The van der Waals surface area contributed by atoms with E-state index in [9.17, 15) is 13.2 Å². The maximum Gasteiger partial charge on any atom is 0.244 e. The van der Waals surface area contributed by atoms with Gasteiger partial charge in [-0.25, -0.2) is 8.42 Å². The SMILES string of the molecule is CC[C@H](C(=O)NCCOc1ccccc1C(C)C)N(c1ccc(C)cc1)S(C)(=O)=O. The standard InChI is InChI=1S/C23H32N2O4S/c1-6-21(25(30(5,27)28)19-13-11-18(4)12-14-19)23(26)24-15-16-29-22-10-8-7-9-20(22)17(2)3/h7-14,17,21H,6,15-16H2,1-5H3,(H,24,26)/t21-/m1/s1. The molecule has 2 aromatic carbocycles. The summed E-state index contributed by atoms with van der Waals surface area (Å²) >= 11 is 0. The summed E-state index contributed by atoms with van der Waals surface area (Å²) in [5.41, 5.74) is 2.61. The first kappa shape index (κ1) is 23.7. The number of anilines is 1. The Balaban J connectivity index is 2.05. The first-order valence-electron chi connectivity index (χ1n) is 10.2. The molecule has 0 aliphatic rings. The minimum absolute atomic E-state index is 0.285. The van der Waals surface area contributed by atoms with Crippen LogP contribution < -0.4 is 14.4 Å². The number of carbonyl (C=O) groups is 1. The van der Waals surface area contributed by atoms with Crippen LogP contribution in [0.2, 0.25) is 0 Å². The topological polar surface area (TPSA) is 75.7 Å². The second-order valence-corrected chi connectivity index (χ2v) is 9.51. The Morgan fingerprint density at radius 1 is 1.10 bits per heavy atom.